The van der Waals surface area contributed by atoms with E-state index in [1.807, 2.05) is 6.92 Å². The molecule has 0 spiro atoms. The van der Waals surface area contributed by atoms with Crippen molar-refractivity contribution in [3.63, 3.8) is 0 Å². The molecule has 1 atom stereocenters. The van der Waals surface area contributed by atoms with Crippen LogP contribution in [-0.4, -0.2) is 11.1 Å². The molecule has 25 heavy (non-hydrogen) atoms. The molecule has 1 aliphatic carbocycles. The Hall–Kier alpha value is -0.790. The van der Waals surface area contributed by atoms with Gasteiger partial charge in [0.1, 0.15) is 0 Å². The molecule has 0 fully saturated rings. The number of carbonyl (C=O) groups is 1. The van der Waals surface area contributed by atoms with E-state index in [2.05, 4.69) is 33.8 Å². The van der Waals surface area contributed by atoms with Crippen LogP contribution in [0.4, 0.5) is 0 Å². The second-order valence-corrected chi connectivity index (χ2v) is 8.26. The zero-order valence-electron chi connectivity index (χ0n) is 17.7. The first-order valence-corrected chi connectivity index (χ1v) is 10.8. The van der Waals surface area contributed by atoms with Gasteiger partial charge in [-0.2, -0.15) is 0 Å². The van der Waals surface area contributed by atoms with Gasteiger partial charge in [0.25, 0.3) is 0 Å². The van der Waals surface area contributed by atoms with Crippen molar-refractivity contribution in [2.24, 2.45) is 11.3 Å². The minimum Gasteiger partial charge on any atom is -0.481 e. The summed E-state index contributed by atoms with van der Waals surface area (Å²) >= 11 is 0. The third kappa shape index (κ3) is 10.7. The quantitative estimate of drug-likeness (QED) is 0.304. The van der Waals surface area contributed by atoms with Crippen molar-refractivity contribution >= 4 is 5.97 Å². The van der Waals surface area contributed by atoms with Gasteiger partial charge in [-0.3, -0.25) is 4.79 Å². The van der Waals surface area contributed by atoms with Gasteiger partial charge in [-0.1, -0.05) is 110 Å². The summed E-state index contributed by atoms with van der Waals surface area (Å²) < 4.78 is 0. The van der Waals surface area contributed by atoms with Crippen LogP contribution in [0.25, 0.3) is 0 Å². The minimum atomic E-state index is -0.669. The van der Waals surface area contributed by atoms with Crippen molar-refractivity contribution in [3.05, 3.63) is 11.6 Å². The maximum atomic E-state index is 11.1. The summed E-state index contributed by atoms with van der Waals surface area (Å²) in [6.45, 7) is 10.7. The van der Waals surface area contributed by atoms with Crippen LogP contribution in [0.3, 0.4) is 0 Å². The summed E-state index contributed by atoms with van der Waals surface area (Å²) in [5.74, 6) is -0.941. The minimum absolute atomic E-state index is 0.0775. The Balaban J connectivity index is 0.000000463. The van der Waals surface area contributed by atoms with Crippen LogP contribution in [0.1, 0.15) is 118 Å². The van der Waals surface area contributed by atoms with E-state index < -0.39 is 5.97 Å². The Morgan fingerprint density at radius 3 is 1.72 bits per heavy atom. The summed E-state index contributed by atoms with van der Waals surface area (Å²) in [4.78, 5) is 11.1. The lowest BCUT2D eigenvalue weighted by atomic mass is 9.68. The van der Waals surface area contributed by atoms with Gasteiger partial charge in [0, 0.05) is 0 Å². The summed E-state index contributed by atoms with van der Waals surface area (Å²) in [5, 5.41) is 9.13. The van der Waals surface area contributed by atoms with Crippen molar-refractivity contribution in [2.75, 3.05) is 0 Å². The molecule has 2 heteroatoms. The molecule has 0 aromatic carbocycles. The van der Waals surface area contributed by atoms with E-state index in [9.17, 15) is 4.79 Å². The summed E-state index contributed by atoms with van der Waals surface area (Å²) in [6, 6.07) is 0. The largest absolute Gasteiger partial charge is 0.481 e. The van der Waals surface area contributed by atoms with Crippen LogP contribution in [0.2, 0.25) is 0 Å². The molecular formula is C23H44O2. The molecule has 0 saturated carbocycles. The van der Waals surface area contributed by atoms with Gasteiger partial charge in [-0.15, -0.1) is 0 Å². The van der Waals surface area contributed by atoms with Gasteiger partial charge in [0.05, 0.1) is 5.92 Å². The van der Waals surface area contributed by atoms with Crippen molar-refractivity contribution in [3.8, 4) is 0 Å². The lowest BCUT2D eigenvalue weighted by Crippen LogP contribution is -2.34. The molecule has 0 heterocycles. The molecule has 0 amide bonds. The third-order valence-electron chi connectivity index (χ3n) is 5.46. The van der Waals surface area contributed by atoms with Crippen molar-refractivity contribution in [2.45, 2.75) is 118 Å². The molecule has 0 radical (unpaired) electrons. The fourth-order valence-electron chi connectivity index (χ4n) is 3.80. The van der Waals surface area contributed by atoms with Gasteiger partial charge in [0.2, 0.25) is 0 Å². The second kappa shape index (κ2) is 14.4. The lowest BCUT2D eigenvalue weighted by Gasteiger charge is -2.36. The van der Waals surface area contributed by atoms with Crippen LogP contribution in [0.15, 0.2) is 11.6 Å². The van der Waals surface area contributed by atoms with Gasteiger partial charge < -0.3 is 5.11 Å². The monoisotopic (exact) mass is 352 g/mol. The van der Waals surface area contributed by atoms with Crippen LogP contribution in [-0.2, 0) is 4.79 Å². The number of carboxylic acids is 1. The van der Waals surface area contributed by atoms with Crippen LogP contribution in [0, 0.1) is 11.3 Å². The first kappa shape index (κ1) is 24.2. The lowest BCUT2D eigenvalue weighted by molar-refractivity contribution is -0.144. The molecule has 0 bridgehead atoms. The zero-order valence-corrected chi connectivity index (χ0v) is 17.7. The van der Waals surface area contributed by atoms with E-state index in [0.717, 1.165) is 24.8 Å². The average molecular weight is 353 g/mol. The molecule has 0 aromatic rings. The zero-order chi connectivity index (χ0) is 19.1. The molecule has 1 unspecified atom stereocenters. The first-order valence-electron chi connectivity index (χ1n) is 10.8. The fraction of sp³-hybridized carbons (Fsp3) is 0.870. The molecule has 1 rings (SSSR count). The van der Waals surface area contributed by atoms with Crippen LogP contribution in [0.5, 0.6) is 0 Å². The molecule has 148 valence electrons. The van der Waals surface area contributed by atoms with E-state index in [0.29, 0.717) is 0 Å². The third-order valence-corrected chi connectivity index (χ3v) is 5.46. The van der Waals surface area contributed by atoms with Crippen LogP contribution >= 0.6 is 0 Å². The molecule has 0 aromatic heterocycles. The Kier molecular flexibility index (Phi) is 13.9. The highest BCUT2D eigenvalue weighted by atomic mass is 16.4. The first-order chi connectivity index (χ1) is 11.9. The Morgan fingerprint density at radius 1 is 0.960 bits per heavy atom. The Bertz CT molecular complexity index is 358. The normalized spacial score (nSPS) is 18.9. The van der Waals surface area contributed by atoms with E-state index in [4.69, 9.17) is 5.11 Å². The van der Waals surface area contributed by atoms with Crippen molar-refractivity contribution in [1.82, 2.24) is 0 Å². The molecule has 0 saturated heterocycles. The number of rotatable bonds is 11. The van der Waals surface area contributed by atoms with Gasteiger partial charge in [-0.25, -0.2) is 0 Å². The maximum absolute atomic E-state index is 11.1. The van der Waals surface area contributed by atoms with E-state index in [-0.39, 0.29) is 11.3 Å². The maximum Gasteiger partial charge on any atom is 0.311 e. The molecular weight excluding hydrogens is 308 g/mol. The number of hydrogen-bond acceptors (Lipinski definition) is 1. The predicted octanol–water partition coefficient (Wildman–Crippen LogP) is 7.77. The summed E-state index contributed by atoms with van der Waals surface area (Å²) in [6.07, 6.45) is 19.4. The standard InChI is InChI=1S/C12H26.C11H18O2/c1-3-5-7-9-11-12-10-8-6-4-2;1-4-8-6-5-7-11(2,3)9(8)10(12)13/h3-12H2,1-2H3;6,9H,4-5,7H2,1-3H3,(H,12,13). The molecule has 1 aliphatic rings. The van der Waals surface area contributed by atoms with E-state index in [1.165, 1.54) is 64.2 Å². The second-order valence-electron chi connectivity index (χ2n) is 8.26. The number of unbranched alkanes of at least 4 members (excludes halogenated alkanes) is 9. The number of hydrogen-bond donors (Lipinski definition) is 1. The fourth-order valence-corrected chi connectivity index (χ4v) is 3.80. The highest BCUT2D eigenvalue weighted by molar-refractivity contribution is 5.75. The number of carboxylic acid groups (broad SMARTS) is 1. The van der Waals surface area contributed by atoms with Gasteiger partial charge >= 0.3 is 5.97 Å². The number of allylic oxidation sites excluding steroid dienone is 1. The van der Waals surface area contributed by atoms with Crippen molar-refractivity contribution < 1.29 is 9.90 Å². The van der Waals surface area contributed by atoms with E-state index in [1.54, 1.807) is 0 Å². The molecule has 2 nitrogen and oxygen atoms in total. The summed E-state index contributed by atoms with van der Waals surface area (Å²) in [5.41, 5.74) is 1.02. The Morgan fingerprint density at radius 2 is 1.40 bits per heavy atom. The smallest absolute Gasteiger partial charge is 0.311 e. The molecule has 0 aliphatic heterocycles. The topological polar surface area (TPSA) is 37.3 Å². The molecule has 1 N–H and O–H groups in total. The van der Waals surface area contributed by atoms with Gasteiger partial charge in [-0.05, 0) is 24.7 Å². The highest BCUT2D eigenvalue weighted by Gasteiger charge is 2.38. The highest BCUT2D eigenvalue weighted by Crippen LogP contribution is 2.42. The predicted molar refractivity (Wildman–Crippen MR) is 110 cm³/mol. The number of aliphatic carboxylic acids is 1. The SMILES string of the molecule is CCC1=CCCC(C)(C)C1C(=O)O.CCCCCCCCCCCC. The van der Waals surface area contributed by atoms with E-state index >= 15 is 0 Å². The average Bonchev–Trinajstić information content (AvgIpc) is 2.56. The summed E-state index contributed by atoms with van der Waals surface area (Å²) in [7, 11) is 0. The Labute approximate surface area is 157 Å². The van der Waals surface area contributed by atoms with Gasteiger partial charge in [0.15, 0.2) is 0 Å². The van der Waals surface area contributed by atoms with Crippen LogP contribution < -0.4 is 0 Å². The van der Waals surface area contributed by atoms with Crippen molar-refractivity contribution in [1.29, 1.82) is 0 Å².